The molecule has 0 aliphatic rings. The van der Waals surface area contributed by atoms with Crippen molar-refractivity contribution in [1.29, 1.82) is 5.26 Å². The van der Waals surface area contributed by atoms with E-state index in [9.17, 15) is 10.4 Å². The summed E-state index contributed by atoms with van der Waals surface area (Å²) in [5.74, 6) is 0.782. The minimum atomic E-state index is -0.174. The van der Waals surface area contributed by atoms with Gasteiger partial charge < -0.3 is 5.11 Å². The topological polar surface area (TPSA) is 74.7 Å². The first-order chi connectivity index (χ1) is 22.3. The normalized spacial score (nSPS) is 11.2. The molecule has 0 atom stereocenters. The van der Waals surface area contributed by atoms with Crippen LogP contribution in [0.1, 0.15) is 31.9 Å². The van der Waals surface area contributed by atoms with Gasteiger partial charge in [-0.15, -0.1) is 29.3 Å². The molecule has 2 heterocycles. The van der Waals surface area contributed by atoms with E-state index in [2.05, 4.69) is 78.9 Å². The van der Waals surface area contributed by atoms with Gasteiger partial charge in [0.2, 0.25) is 0 Å². The number of aromatic hydroxyl groups is 1. The number of rotatable bonds is 5. The molecule has 7 aromatic rings. The number of pyridine rings is 1. The van der Waals surface area contributed by atoms with E-state index < -0.39 is 0 Å². The van der Waals surface area contributed by atoms with E-state index in [0.717, 1.165) is 50.1 Å². The first-order valence-electron chi connectivity index (χ1n) is 15.2. The third-order valence-electron chi connectivity index (χ3n) is 8.25. The molecule has 0 fully saturated rings. The van der Waals surface area contributed by atoms with Crippen LogP contribution in [0.3, 0.4) is 0 Å². The summed E-state index contributed by atoms with van der Waals surface area (Å²) in [6.07, 6.45) is 1.71. The summed E-state index contributed by atoms with van der Waals surface area (Å²) in [4.78, 5) is 9.85. The number of phenols is 1. The Morgan fingerprint density at radius 2 is 1.47 bits per heavy atom. The Hall–Kier alpha value is -5.30. The van der Waals surface area contributed by atoms with Crippen LogP contribution < -0.4 is 0 Å². The maximum Gasteiger partial charge on any atom is 0.148 e. The van der Waals surface area contributed by atoms with E-state index in [0.29, 0.717) is 22.6 Å². The zero-order chi connectivity index (χ0) is 31.8. The Bertz CT molecular complexity index is 2260. The maximum atomic E-state index is 11.3. The van der Waals surface area contributed by atoms with Gasteiger partial charge in [0, 0.05) is 44.2 Å². The number of benzene rings is 5. The minimum absolute atomic E-state index is 0. The van der Waals surface area contributed by atoms with Gasteiger partial charge >= 0.3 is 0 Å². The van der Waals surface area contributed by atoms with Gasteiger partial charge in [-0.25, -0.2) is 4.98 Å². The molecule has 1 N–H and O–H groups in total. The fourth-order valence-electron chi connectivity index (χ4n) is 5.85. The van der Waals surface area contributed by atoms with E-state index in [-0.39, 0.29) is 32.2 Å². The van der Waals surface area contributed by atoms with E-state index in [1.807, 2.05) is 66.7 Å². The van der Waals surface area contributed by atoms with Crippen molar-refractivity contribution in [3.8, 4) is 62.4 Å². The second-order valence-electron chi connectivity index (χ2n) is 12.3. The molecule has 0 aliphatic carbocycles. The van der Waals surface area contributed by atoms with Gasteiger partial charge in [-0.3, -0.25) is 9.55 Å². The second-order valence-corrected chi connectivity index (χ2v) is 12.3. The fourth-order valence-corrected chi connectivity index (χ4v) is 5.85. The van der Waals surface area contributed by atoms with E-state index >= 15 is 0 Å². The van der Waals surface area contributed by atoms with Crippen LogP contribution in [0.15, 0.2) is 128 Å². The Morgan fingerprint density at radius 1 is 0.745 bits per heavy atom. The Morgan fingerprint density at radius 3 is 2.19 bits per heavy atom. The SMILES string of the molecule is CC(C)(C)c1cc(-c2ncccc2C#N)[c-]c(-c2cccc3c2nc(-c2cc(-c4ccccc4)ccc2O)n3-c2ccccc2)c1.[Pt]. The summed E-state index contributed by atoms with van der Waals surface area (Å²) >= 11 is 0. The van der Waals surface area contributed by atoms with Crippen LogP contribution in [-0.2, 0) is 26.5 Å². The maximum absolute atomic E-state index is 11.3. The van der Waals surface area contributed by atoms with Crippen molar-refractivity contribution in [2.75, 3.05) is 0 Å². The molecule has 5 aromatic carbocycles. The van der Waals surface area contributed by atoms with Gasteiger partial charge in [0.15, 0.2) is 0 Å². The third kappa shape index (κ3) is 6.01. The molecular formula is C41H31N4OPt-. The smallest absolute Gasteiger partial charge is 0.148 e. The summed E-state index contributed by atoms with van der Waals surface area (Å²) < 4.78 is 2.10. The van der Waals surface area contributed by atoms with Crippen molar-refractivity contribution in [2.24, 2.45) is 0 Å². The molecular weight excluding hydrogens is 760 g/mol. The predicted octanol–water partition coefficient (Wildman–Crippen LogP) is 9.76. The quantitative estimate of drug-likeness (QED) is 0.176. The number of nitrogens with zero attached hydrogens (tertiary/aromatic N) is 4. The molecule has 0 spiro atoms. The monoisotopic (exact) mass is 790 g/mol. The first-order valence-corrected chi connectivity index (χ1v) is 15.2. The molecule has 0 radical (unpaired) electrons. The summed E-state index contributed by atoms with van der Waals surface area (Å²) in [6, 6.07) is 45.7. The molecule has 0 aliphatic heterocycles. The van der Waals surface area contributed by atoms with Gasteiger partial charge in [0.25, 0.3) is 0 Å². The van der Waals surface area contributed by atoms with Crippen molar-refractivity contribution in [3.63, 3.8) is 0 Å². The van der Waals surface area contributed by atoms with Crippen LogP contribution in [0, 0.1) is 17.4 Å². The van der Waals surface area contributed by atoms with Gasteiger partial charge in [0.05, 0.1) is 22.7 Å². The average molecular weight is 791 g/mol. The van der Waals surface area contributed by atoms with Crippen LogP contribution in [0.4, 0.5) is 0 Å². The van der Waals surface area contributed by atoms with Gasteiger partial charge in [-0.05, 0) is 59.0 Å². The number of para-hydroxylation sites is 2. The van der Waals surface area contributed by atoms with Crippen LogP contribution in [-0.4, -0.2) is 19.6 Å². The molecule has 47 heavy (non-hydrogen) atoms. The molecule has 0 saturated heterocycles. The van der Waals surface area contributed by atoms with Crippen molar-refractivity contribution >= 4 is 11.0 Å². The Labute approximate surface area is 289 Å². The fraction of sp³-hybridized carbons (Fsp3) is 0.0976. The van der Waals surface area contributed by atoms with Gasteiger partial charge in [-0.1, -0.05) is 98.6 Å². The van der Waals surface area contributed by atoms with Crippen molar-refractivity contribution in [3.05, 3.63) is 145 Å². The molecule has 7 rings (SSSR count). The largest absolute Gasteiger partial charge is 0.507 e. The number of hydrogen-bond donors (Lipinski definition) is 1. The average Bonchev–Trinajstić information content (AvgIpc) is 3.48. The molecule has 0 unspecified atom stereocenters. The summed E-state index contributed by atoms with van der Waals surface area (Å²) in [5, 5.41) is 21.1. The van der Waals surface area contributed by atoms with E-state index in [1.165, 1.54) is 0 Å². The number of imidazole rings is 1. The standard InChI is InChI=1S/C41H31N4O.Pt/c1-41(2,3)32-23-30(22-31(24-32)38-29(26-42)14-11-21-43-38)34-17-10-18-36-39(34)44-40(45(36)33-15-8-5-9-16-33)35-25-28(19-20-37(35)46)27-12-6-4-7-13-27;/h4-21,23-25,46H,1-3H3;/q-1;. The van der Waals surface area contributed by atoms with E-state index in [4.69, 9.17) is 4.98 Å². The molecule has 0 saturated carbocycles. The number of phenolic OH excluding ortho intramolecular Hbond substituents is 1. The number of fused-ring (bicyclic) bond motifs is 1. The van der Waals surface area contributed by atoms with Crippen LogP contribution >= 0.6 is 0 Å². The second kappa shape index (κ2) is 12.8. The summed E-state index contributed by atoms with van der Waals surface area (Å²) in [6.45, 7) is 6.51. The summed E-state index contributed by atoms with van der Waals surface area (Å²) in [5.41, 5.74) is 9.81. The summed E-state index contributed by atoms with van der Waals surface area (Å²) in [7, 11) is 0. The van der Waals surface area contributed by atoms with Crippen LogP contribution in [0.2, 0.25) is 0 Å². The Kier molecular flexibility index (Phi) is 8.65. The number of hydrogen-bond acceptors (Lipinski definition) is 4. The van der Waals surface area contributed by atoms with Crippen molar-refractivity contribution in [1.82, 2.24) is 14.5 Å². The van der Waals surface area contributed by atoms with Crippen molar-refractivity contribution < 1.29 is 26.2 Å². The van der Waals surface area contributed by atoms with Crippen molar-refractivity contribution in [2.45, 2.75) is 26.2 Å². The number of nitriles is 1. The molecule has 0 amide bonds. The van der Waals surface area contributed by atoms with Crippen LogP contribution in [0.25, 0.3) is 61.6 Å². The van der Waals surface area contributed by atoms with E-state index in [1.54, 1.807) is 24.4 Å². The number of aromatic nitrogens is 3. The zero-order valence-corrected chi connectivity index (χ0v) is 28.4. The third-order valence-corrected chi connectivity index (χ3v) is 8.25. The molecule has 6 heteroatoms. The zero-order valence-electron chi connectivity index (χ0n) is 26.2. The van der Waals surface area contributed by atoms with Gasteiger partial charge in [-0.2, -0.15) is 5.26 Å². The van der Waals surface area contributed by atoms with Gasteiger partial charge in [0.1, 0.15) is 11.6 Å². The molecule has 232 valence electrons. The predicted molar refractivity (Wildman–Crippen MR) is 185 cm³/mol. The molecule has 2 aromatic heterocycles. The Balaban J connectivity index is 0.00000386. The molecule has 0 bridgehead atoms. The minimum Gasteiger partial charge on any atom is -0.507 e. The first kappa shape index (κ1) is 31.7. The van der Waals surface area contributed by atoms with Crippen LogP contribution in [0.5, 0.6) is 5.75 Å². The molecule has 5 nitrogen and oxygen atoms in total.